The van der Waals surface area contributed by atoms with Crippen molar-refractivity contribution >= 4 is 17.7 Å². The molecule has 2 aliphatic heterocycles. The smallest absolute Gasteiger partial charge is 0.313 e. The molecule has 1 aromatic rings. The standard InChI is InChI=1S/C19H25N3O4/c1-2-3-9-20-10-11-22(19(26)18(20)25)16(14-7-5-4-6-8-14)17(24)21-12-15(23)13-21/h4-8,15-16,23H,2-3,9-13H2,1H3/t16-/m1/s1. The predicted molar refractivity (Wildman–Crippen MR) is 95.0 cm³/mol. The quantitative estimate of drug-likeness (QED) is 0.746. The summed E-state index contributed by atoms with van der Waals surface area (Å²) in [7, 11) is 0. The number of amides is 3. The van der Waals surface area contributed by atoms with Gasteiger partial charge in [0.1, 0.15) is 6.04 Å². The molecule has 0 saturated carbocycles. The molecule has 0 aromatic heterocycles. The van der Waals surface area contributed by atoms with E-state index in [1.165, 1.54) is 9.80 Å². The van der Waals surface area contributed by atoms with E-state index in [9.17, 15) is 19.5 Å². The third-order valence-corrected chi connectivity index (χ3v) is 4.96. The number of likely N-dealkylation sites (tertiary alicyclic amines) is 1. The lowest BCUT2D eigenvalue weighted by Crippen LogP contribution is -2.61. The summed E-state index contributed by atoms with van der Waals surface area (Å²) < 4.78 is 0. The van der Waals surface area contributed by atoms with Crippen LogP contribution in [0.1, 0.15) is 31.4 Å². The molecule has 1 atom stereocenters. The Balaban J connectivity index is 1.82. The zero-order valence-electron chi connectivity index (χ0n) is 15.0. The van der Waals surface area contributed by atoms with Crippen LogP contribution in [0.5, 0.6) is 0 Å². The molecule has 2 fully saturated rings. The topological polar surface area (TPSA) is 81.2 Å². The van der Waals surface area contributed by atoms with Crippen molar-refractivity contribution in [3.8, 4) is 0 Å². The van der Waals surface area contributed by atoms with Gasteiger partial charge >= 0.3 is 11.8 Å². The second-order valence-corrected chi connectivity index (χ2v) is 6.85. The van der Waals surface area contributed by atoms with Gasteiger partial charge in [-0.2, -0.15) is 0 Å². The molecule has 2 aliphatic rings. The van der Waals surface area contributed by atoms with E-state index in [1.807, 2.05) is 25.1 Å². The molecule has 1 aromatic carbocycles. The number of carbonyl (C=O) groups excluding carboxylic acids is 3. The van der Waals surface area contributed by atoms with Crippen molar-refractivity contribution < 1.29 is 19.5 Å². The number of nitrogens with zero attached hydrogens (tertiary/aromatic N) is 3. The van der Waals surface area contributed by atoms with E-state index in [0.717, 1.165) is 12.8 Å². The van der Waals surface area contributed by atoms with Crippen LogP contribution < -0.4 is 0 Å². The van der Waals surface area contributed by atoms with Gasteiger partial charge in [-0.1, -0.05) is 43.7 Å². The van der Waals surface area contributed by atoms with Crippen LogP contribution in [0.3, 0.4) is 0 Å². The number of β-amino-alcohol motifs (C(OH)–C–C–N with tert-alkyl or cyclic N) is 1. The Kier molecular flexibility index (Phi) is 5.56. The molecule has 2 saturated heterocycles. The molecular weight excluding hydrogens is 334 g/mol. The minimum atomic E-state index is -0.825. The van der Waals surface area contributed by atoms with Gasteiger partial charge in [-0.3, -0.25) is 14.4 Å². The molecular formula is C19H25N3O4. The highest BCUT2D eigenvalue weighted by Crippen LogP contribution is 2.27. The molecule has 0 aliphatic carbocycles. The fourth-order valence-corrected chi connectivity index (χ4v) is 3.40. The number of hydrogen-bond donors (Lipinski definition) is 1. The van der Waals surface area contributed by atoms with Gasteiger partial charge in [-0.25, -0.2) is 0 Å². The van der Waals surface area contributed by atoms with Crippen LogP contribution in [0.25, 0.3) is 0 Å². The largest absolute Gasteiger partial charge is 0.389 e. The highest BCUT2D eigenvalue weighted by molar-refractivity contribution is 6.35. The molecule has 0 radical (unpaired) electrons. The van der Waals surface area contributed by atoms with Crippen molar-refractivity contribution in [2.75, 3.05) is 32.7 Å². The Morgan fingerprint density at radius 3 is 2.46 bits per heavy atom. The lowest BCUT2D eigenvalue weighted by atomic mass is 10.00. The van der Waals surface area contributed by atoms with Gasteiger partial charge in [0.25, 0.3) is 0 Å². The average molecular weight is 359 g/mol. The minimum absolute atomic E-state index is 0.246. The Bertz CT molecular complexity index is 673. The number of benzene rings is 1. The summed E-state index contributed by atoms with van der Waals surface area (Å²) in [6.07, 6.45) is 1.29. The average Bonchev–Trinajstić information content (AvgIpc) is 2.63. The summed E-state index contributed by atoms with van der Waals surface area (Å²) >= 11 is 0. The van der Waals surface area contributed by atoms with Crippen LogP contribution in [-0.4, -0.2) is 76.4 Å². The van der Waals surface area contributed by atoms with Gasteiger partial charge in [-0.15, -0.1) is 0 Å². The molecule has 2 heterocycles. The zero-order chi connectivity index (χ0) is 18.7. The van der Waals surface area contributed by atoms with Gasteiger partial charge in [0.15, 0.2) is 0 Å². The monoisotopic (exact) mass is 359 g/mol. The Morgan fingerprint density at radius 1 is 1.15 bits per heavy atom. The third kappa shape index (κ3) is 3.58. The van der Waals surface area contributed by atoms with E-state index >= 15 is 0 Å². The van der Waals surface area contributed by atoms with Crippen molar-refractivity contribution in [1.29, 1.82) is 0 Å². The minimum Gasteiger partial charge on any atom is -0.389 e. The van der Waals surface area contributed by atoms with E-state index in [1.54, 1.807) is 17.0 Å². The van der Waals surface area contributed by atoms with Crippen molar-refractivity contribution in [2.24, 2.45) is 0 Å². The Morgan fingerprint density at radius 2 is 1.85 bits per heavy atom. The van der Waals surface area contributed by atoms with Crippen LogP contribution in [-0.2, 0) is 14.4 Å². The zero-order valence-corrected chi connectivity index (χ0v) is 15.0. The number of carbonyl (C=O) groups is 3. The van der Waals surface area contributed by atoms with Crippen LogP contribution in [0.2, 0.25) is 0 Å². The van der Waals surface area contributed by atoms with E-state index in [-0.39, 0.29) is 19.0 Å². The first-order valence-electron chi connectivity index (χ1n) is 9.14. The Labute approximate surface area is 153 Å². The number of rotatable bonds is 6. The first-order valence-corrected chi connectivity index (χ1v) is 9.14. The molecule has 0 bridgehead atoms. The van der Waals surface area contributed by atoms with Crippen LogP contribution in [0.15, 0.2) is 30.3 Å². The molecule has 26 heavy (non-hydrogen) atoms. The van der Waals surface area contributed by atoms with E-state index in [0.29, 0.717) is 25.2 Å². The fraction of sp³-hybridized carbons (Fsp3) is 0.526. The first-order chi connectivity index (χ1) is 12.5. The van der Waals surface area contributed by atoms with Crippen molar-refractivity contribution in [2.45, 2.75) is 31.9 Å². The maximum absolute atomic E-state index is 13.0. The molecule has 140 valence electrons. The predicted octanol–water partition coefficient (Wildman–Crippen LogP) is 0.402. The molecule has 7 nitrogen and oxygen atoms in total. The molecule has 0 spiro atoms. The maximum atomic E-state index is 13.0. The molecule has 3 amide bonds. The van der Waals surface area contributed by atoms with E-state index in [4.69, 9.17) is 0 Å². The summed E-state index contributed by atoms with van der Waals surface area (Å²) in [4.78, 5) is 42.7. The van der Waals surface area contributed by atoms with E-state index in [2.05, 4.69) is 0 Å². The van der Waals surface area contributed by atoms with Gasteiger partial charge in [-0.05, 0) is 12.0 Å². The van der Waals surface area contributed by atoms with Gasteiger partial charge in [0, 0.05) is 32.7 Å². The number of hydrogen-bond acceptors (Lipinski definition) is 4. The van der Waals surface area contributed by atoms with Crippen molar-refractivity contribution in [1.82, 2.24) is 14.7 Å². The maximum Gasteiger partial charge on any atom is 0.313 e. The first kappa shape index (κ1) is 18.4. The second kappa shape index (κ2) is 7.86. The fourth-order valence-electron chi connectivity index (χ4n) is 3.40. The normalized spacial score (nSPS) is 19.5. The van der Waals surface area contributed by atoms with Crippen molar-refractivity contribution in [3.05, 3.63) is 35.9 Å². The van der Waals surface area contributed by atoms with Crippen LogP contribution >= 0.6 is 0 Å². The van der Waals surface area contributed by atoms with Crippen LogP contribution in [0.4, 0.5) is 0 Å². The summed E-state index contributed by atoms with van der Waals surface area (Å²) in [5, 5.41) is 9.51. The number of piperazine rings is 1. The molecule has 7 heteroatoms. The molecule has 1 N–H and O–H groups in total. The second-order valence-electron chi connectivity index (χ2n) is 6.85. The highest BCUT2D eigenvalue weighted by Gasteiger charge is 2.43. The number of unbranched alkanes of at least 4 members (excludes halogenated alkanes) is 1. The summed E-state index contributed by atoms with van der Waals surface area (Å²) in [6.45, 7) is 3.90. The lowest BCUT2D eigenvalue weighted by Gasteiger charge is -2.43. The van der Waals surface area contributed by atoms with Crippen LogP contribution in [0, 0.1) is 0 Å². The summed E-state index contributed by atoms with van der Waals surface area (Å²) in [5.41, 5.74) is 0.682. The summed E-state index contributed by atoms with van der Waals surface area (Å²) in [6, 6.07) is 8.22. The van der Waals surface area contributed by atoms with Gasteiger partial charge in [0.05, 0.1) is 6.10 Å². The number of aliphatic hydroxyl groups excluding tert-OH is 1. The van der Waals surface area contributed by atoms with Crippen molar-refractivity contribution in [3.63, 3.8) is 0 Å². The SMILES string of the molecule is CCCCN1CCN([C@@H](C(=O)N2CC(O)C2)c2ccccc2)C(=O)C1=O. The van der Waals surface area contributed by atoms with E-state index < -0.39 is 24.0 Å². The molecule has 0 unspecified atom stereocenters. The van der Waals surface area contributed by atoms with Gasteiger partial charge in [0.2, 0.25) is 5.91 Å². The number of aliphatic hydroxyl groups is 1. The lowest BCUT2D eigenvalue weighted by molar-refractivity contribution is -0.163. The van der Waals surface area contributed by atoms with Gasteiger partial charge < -0.3 is 19.8 Å². The highest BCUT2D eigenvalue weighted by atomic mass is 16.3. The Hall–Kier alpha value is -2.41. The molecule has 3 rings (SSSR count). The summed E-state index contributed by atoms with van der Waals surface area (Å²) in [5.74, 6) is -1.41. The third-order valence-electron chi connectivity index (χ3n) is 4.96.